The number of nitrogens with one attached hydrogen (secondary N) is 1. The molecule has 0 radical (unpaired) electrons. The van der Waals surface area contributed by atoms with Crippen molar-refractivity contribution in [2.75, 3.05) is 11.9 Å². The molecule has 6 heteroatoms. The lowest BCUT2D eigenvalue weighted by molar-refractivity contribution is 0.305. The first-order valence-electron chi connectivity index (χ1n) is 7.38. The summed E-state index contributed by atoms with van der Waals surface area (Å²) in [6, 6.07) is 11.8. The van der Waals surface area contributed by atoms with Gasteiger partial charge in [-0.05, 0) is 36.6 Å². The molecule has 0 aliphatic heterocycles. The lowest BCUT2D eigenvalue weighted by Crippen LogP contribution is -2.22. The number of aryl methyl sites for hydroxylation is 1. The molecule has 2 rings (SSSR count). The van der Waals surface area contributed by atoms with Gasteiger partial charge in [0.1, 0.15) is 0 Å². The van der Waals surface area contributed by atoms with Crippen molar-refractivity contribution in [1.29, 1.82) is 0 Å². The van der Waals surface area contributed by atoms with E-state index in [2.05, 4.69) is 22.2 Å². The van der Waals surface area contributed by atoms with E-state index in [1.54, 1.807) is 6.20 Å². The number of guanidine groups is 1. The van der Waals surface area contributed by atoms with Crippen LogP contribution in [-0.2, 0) is 6.54 Å². The Kier molecular flexibility index (Phi) is 8.39. The van der Waals surface area contributed by atoms with Crippen LogP contribution in [0.25, 0.3) is 0 Å². The number of halogens is 1. The fourth-order valence-corrected chi connectivity index (χ4v) is 1.88. The maximum Gasteiger partial charge on any atom is 0.213 e. The van der Waals surface area contributed by atoms with Crippen LogP contribution in [0.15, 0.2) is 47.6 Å². The monoisotopic (exact) mass is 426 g/mol. The average molecular weight is 426 g/mol. The Labute approximate surface area is 154 Å². The minimum Gasteiger partial charge on any atom is -0.478 e. The SMILES string of the molecule is CCCOc1ccc(CN=C(N)Nc2cccc(C)c2)cn1.I. The largest absolute Gasteiger partial charge is 0.478 e. The first-order chi connectivity index (χ1) is 10.7. The lowest BCUT2D eigenvalue weighted by atomic mass is 10.2. The Balaban J connectivity index is 0.00000264. The Morgan fingerprint density at radius 2 is 2.13 bits per heavy atom. The zero-order valence-corrected chi connectivity index (χ0v) is 15.8. The summed E-state index contributed by atoms with van der Waals surface area (Å²) in [5.41, 5.74) is 8.98. The van der Waals surface area contributed by atoms with Crippen LogP contribution in [0.4, 0.5) is 5.69 Å². The third-order valence-corrected chi connectivity index (χ3v) is 2.97. The maximum absolute atomic E-state index is 5.89. The summed E-state index contributed by atoms with van der Waals surface area (Å²) in [5, 5.41) is 3.07. The third kappa shape index (κ3) is 6.85. The quantitative estimate of drug-likeness (QED) is 0.420. The second kappa shape index (κ2) is 10.0. The number of aliphatic imine (C=N–C) groups is 1. The van der Waals surface area contributed by atoms with Crippen LogP contribution in [0, 0.1) is 6.92 Å². The Bertz CT molecular complexity index is 629. The van der Waals surface area contributed by atoms with Crippen LogP contribution in [0.3, 0.4) is 0 Å². The molecule has 0 saturated carbocycles. The zero-order valence-electron chi connectivity index (χ0n) is 13.5. The first kappa shape index (κ1) is 19.2. The van der Waals surface area contributed by atoms with Crippen molar-refractivity contribution >= 4 is 35.6 Å². The van der Waals surface area contributed by atoms with E-state index in [9.17, 15) is 0 Å². The van der Waals surface area contributed by atoms with Crippen molar-refractivity contribution < 1.29 is 4.74 Å². The second-order valence-corrected chi connectivity index (χ2v) is 5.05. The summed E-state index contributed by atoms with van der Waals surface area (Å²) < 4.78 is 5.44. The molecule has 0 unspecified atom stereocenters. The van der Waals surface area contributed by atoms with E-state index >= 15 is 0 Å². The molecule has 0 aliphatic rings. The van der Waals surface area contributed by atoms with E-state index in [0.717, 1.165) is 17.7 Å². The van der Waals surface area contributed by atoms with Crippen molar-refractivity contribution in [3.8, 4) is 5.88 Å². The number of nitrogens with zero attached hydrogens (tertiary/aromatic N) is 2. The molecule has 1 aromatic heterocycles. The molecule has 1 heterocycles. The standard InChI is InChI=1S/C17H22N4O.HI/c1-3-9-22-16-8-7-14(11-19-16)12-20-17(18)21-15-6-4-5-13(2)10-15;/h4-8,10-11H,3,9,12H2,1-2H3,(H3,18,20,21);1H. The van der Waals surface area contributed by atoms with Crippen LogP contribution < -0.4 is 15.8 Å². The molecule has 0 fully saturated rings. The Morgan fingerprint density at radius 3 is 2.78 bits per heavy atom. The first-order valence-corrected chi connectivity index (χ1v) is 7.38. The molecule has 5 nitrogen and oxygen atoms in total. The van der Waals surface area contributed by atoms with Crippen LogP contribution in [0.1, 0.15) is 24.5 Å². The van der Waals surface area contributed by atoms with Crippen molar-refractivity contribution in [2.45, 2.75) is 26.8 Å². The number of nitrogens with two attached hydrogens (primary N) is 1. The highest BCUT2D eigenvalue weighted by Crippen LogP contribution is 2.10. The molecule has 23 heavy (non-hydrogen) atoms. The van der Waals surface area contributed by atoms with E-state index in [4.69, 9.17) is 10.5 Å². The summed E-state index contributed by atoms with van der Waals surface area (Å²) in [6.45, 7) is 5.25. The van der Waals surface area contributed by atoms with Crippen molar-refractivity contribution in [3.05, 3.63) is 53.7 Å². The van der Waals surface area contributed by atoms with E-state index in [-0.39, 0.29) is 24.0 Å². The van der Waals surface area contributed by atoms with Gasteiger partial charge in [0.05, 0.1) is 13.2 Å². The van der Waals surface area contributed by atoms with Gasteiger partial charge < -0.3 is 15.8 Å². The summed E-state index contributed by atoms with van der Waals surface area (Å²) in [6.07, 6.45) is 2.73. The predicted octanol–water partition coefficient (Wildman–Crippen LogP) is 3.72. The second-order valence-electron chi connectivity index (χ2n) is 5.05. The van der Waals surface area contributed by atoms with Gasteiger partial charge in [0, 0.05) is 18.0 Å². The molecule has 2 aromatic rings. The van der Waals surface area contributed by atoms with E-state index in [1.165, 1.54) is 5.56 Å². The number of pyridine rings is 1. The number of ether oxygens (including phenoxy) is 1. The minimum absolute atomic E-state index is 0. The van der Waals surface area contributed by atoms with Crippen molar-refractivity contribution in [2.24, 2.45) is 10.7 Å². The molecular weight excluding hydrogens is 403 g/mol. The smallest absolute Gasteiger partial charge is 0.213 e. The summed E-state index contributed by atoms with van der Waals surface area (Å²) in [7, 11) is 0. The number of rotatable bonds is 6. The topological polar surface area (TPSA) is 72.5 Å². The van der Waals surface area contributed by atoms with Gasteiger partial charge in [-0.2, -0.15) is 0 Å². The molecular formula is C17H23IN4O. The summed E-state index contributed by atoms with van der Waals surface area (Å²) in [5.74, 6) is 1.03. The highest BCUT2D eigenvalue weighted by atomic mass is 127. The van der Waals surface area contributed by atoms with E-state index < -0.39 is 0 Å². The number of anilines is 1. The fraction of sp³-hybridized carbons (Fsp3) is 0.294. The normalized spacial score (nSPS) is 10.8. The number of hydrogen-bond donors (Lipinski definition) is 2. The molecule has 0 atom stereocenters. The van der Waals surface area contributed by atoms with Crippen LogP contribution in [0.5, 0.6) is 5.88 Å². The summed E-state index contributed by atoms with van der Waals surface area (Å²) >= 11 is 0. The predicted molar refractivity (Wildman–Crippen MR) is 106 cm³/mol. The van der Waals surface area contributed by atoms with Gasteiger partial charge in [-0.15, -0.1) is 24.0 Å². The molecule has 124 valence electrons. The molecule has 1 aromatic carbocycles. The Hall–Kier alpha value is -1.83. The number of benzene rings is 1. The van der Waals surface area contributed by atoms with Crippen LogP contribution in [-0.4, -0.2) is 17.6 Å². The van der Waals surface area contributed by atoms with Crippen molar-refractivity contribution in [3.63, 3.8) is 0 Å². The van der Waals surface area contributed by atoms with Gasteiger partial charge >= 0.3 is 0 Å². The van der Waals surface area contributed by atoms with E-state index in [0.29, 0.717) is 25.0 Å². The maximum atomic E-state index is 5.89. The van der Waals surface area contributed by atoms with Gasteiger partial charge in [0.2, 0.25) is 5.88 Å². The summed E-state index contributed by atoms with van der Waals surface area (Å²) in [4.78, 5) is 8.55. The van der Waals surface area contributed by atoms with Gasteiger partial charge in [0.25, 0.3) is 0 Å². The highest BCUT2D eigenvalue weighted by Gasteiger charge is 1.98. The molecule has 3 N–H and O–H groups in total. The Morgan fingerprint density at radius 1 is 1.30 bits per heavy atom. The molecule has 0 spiro atoms. The fourth-order valence-electron chi connectivity index (χ4n) is 1.88. The lowest BCUT2D eigenvalue weighted by Gasteiger charge is -2.07. The minimum atomic E-state index is 0. The van der Waals surface area contributed by atoms with Gasteiger partial charge in [-0.1, -0.05) is 25.1 Å². The van der Waals surface area contributed by atoms with Gasteiger partial charge in [0.15, 0.2) is 5.96 Å². The molecule has 0 amide bonds. The number of aromatic nitrogens is 1. The third-order valence-electron chi connectivity index (χ3n) is 2.97. The highest BCUT2D eigenvalue weighted by molar-refractivity contribution is 14.0. The molecule has 0 aliphatic carbocycles. The van der Waals surface area contributed by atoms with Crippen molar-refractivity contribution in [1.82, 2.24) is 4.98 Å². The van der Waals surface area contributed by atoms with Crippen LogP contribution in [0.2, 0.25) is 0 Å². The molecule has 0 bridgehead atoms. The average Bonchev–Trinajstić information content (AvgIpc) is 2.52. The number of hydrogen-bond acceptors (Lipinski definition) is 3. The zero-order chi connectivity index (χ0) is 15.8. The van der Waals surface area contributed by atoms with E-state index in [1.807, 2.05) is 43.3 Å². The van der Waals surface area contributed by atoms with Crippen LogP contribution >= 0.6 is 24.0 Å². The van der Waals surface area contributed by atoms with Gasteiger partial charge in [-0.25, -0.2) is 9.98 Å². The van der Waals surface area contributed by atoms with Gasteiger partial charge in [-0.3, -0.25) is 0 Å². The molecule has 0 saturated heterocycles.